The molecule has 0 radical (unpaired) electrons. The zero-order valence-electron chi connectivity index (χ0n) is 9.66. The molecular weight excluding hydrogens is 236 g/mol. The summed E-state index contributed by atoms with van der Waals surface area (Å²) in [6, 6.07) is 7.29. The van der Waals surface area contributed by atoms with Crippen LogP contribution in [0, 0.1) is 10.1 Å². The fourth-order valence-corrected chi connectivity index (χ4v) is 1.64. The van der Waals surface area contributed by atoms with Crippen molar-refractivity contribution in [3.05, 3.63) is 52.5 Å². The lowest BCUT2D eigenvalue weighted by Gasteiger charge is -2.13. The SMILES string of the molecule is CC(Nc1ccc(O)cc1[N+](=O)[O-])c1ccco1. The molecule has 1 unspecified atom stereocenters. The molecule has 0 bridgehead atoms. The molecule has 1 heterocycles. The molecule has 94 valence electrons. The molecule has 0 aliphatic rings. The number of phenols is 1. The van der Waals surface area contributed by atoms with Gasteiger partial charge in [0, 0.05) is 0 Å². The highest BCUT2D eigenvalue weighted by Crippen LogP contribution is 2.31. The van der Waals surface area contributed by atoms with Gasteiger partial charge in [0.05, 0.1) is 23.3 Å². The van der Waals surface area contributed by atoms with Gasteiger partial charge in [0.15, 0.2) is 0 Å². The number of nitro benzene ring substituents is 1. The number of benzene rings is 1. The van der Waals surface area contributed by atoms with Crippen LogP contribution < -0.4 is 5.32 Å². The van der Waals surface area contributed by atoms with Crippen LogP contribution in [0.4, 0.5) is 11.4 Å². The summed E-state index contributed by atoms with van der Waals surface area (Å²) < 4.78 is 5.21. The average molecular weight is 248 g/mol. The molecule has 2 N–H and O–H groups in total. The third-order valence-electron chi connectivity index (χ3n) is 2.52. The van der Waals surface area contributed by atoms with Crippen LogP contribution in [0.5, 0.6) is 5.75 Å². The van der Waals surface area contributed by atoms with Crippen molar-refractivity contribution in [2.75, 3.05) is 5.32 Å². The molecule has 6 nitrogen and oxygen atoms in total. The second-order valence-electron chi connectivity index (χ2n) is 3.84. The van der Waals surface area contributed by atoms with Crippen LogP contribution in [0.2, 0.25) is 0 Å². The fourth-order valence-electron chi connectivity index (χ4n) is 1.64. The minimum absolute atomic E-state index is 0.141. The summed E-state index contributed by atoms with van der Waals surface area (Å²) >= 11 is 0. The van der Waals surface area contributed by atoms with E-state index in [1.54, 1.807) is 18.4 Å². The Balaban J connectivity index is 2.26. The van der Waals surface area contributed by atoms with Crippen molar-refractivity contribution in [2.24, 2.45) is 0 Å². The van der Waals surface area contributed by atoms with Crippen molar-refractivity contribution >= 4 is 11.4 Å². The maximum absolute atomic E-state index is 10.9. The molecule has 2 rings (SSSR count). The highest BCUT2D eigenvalue weighted by molar-refractivity contribution is 5.64. The molecule has 1 aromatic carbocycles. The van der Waals surface area contributed by atoms with Crippen LogP contribution in [0.3, 0.4) is 0 Å². The molecule has 0 saturated carbocycles. The maximum atomic E-state index is 10.9. The Hall–Kier alpha value is -2.50. The standard InChI is InChI=1S/C12H12N2O4/c1-8(12-3-2-6-18-12)13-10-5-4-9(15)7-11(10)14(16)17/h2-8,13,15H,1H3. The molecule has 0 spiro atoms. The van der Waals surface area contributed by atoms with Gasteiger partial charge in [-0.2, -0.15) is 0 Å². The number of aromatic hydroxyl groups is 1. The molecule has 1 aromatic heterocycles. The Kier molecular flexibility index (Phi) is 3.18. The normalized spacial score (nSPS) is 12.1. The Labute approximate surface area is 103 Å². The number of nitrogens with one attached hydrogen (secondary N) is 1. The number of hydrogen-bond acceptors (Lipinski definition) is 5. The first-order valence-corrected chi connectivity index (χ1v) is 5.35. The maximum Gasteiger partial charge on any atom is 0.296 e. The molecule has 6 heteroatoms. The summed E-state index contributed by atoms with van der Waals surface area (Å²) in [4.78, 5) is 10.3. The summed E-state index contributed by atoms with van der Waals surface area (Å²) in [5, 5.41) is 23.1. The predicted octanol–water partition coefficient (Wildman–Crippen LogP) is 3.07. The van der Waals surface area contributed by atoms with Gasteiger partial charge in [-0.15, -0.1) is 0 Å². The minimum atomic E-state index is -0.545. The van der Waals surface area contributed by atoms with E-state index in [1.165, 1.54) is 12.1 Å². The molecule has 0 aliphatic heterocycles. The van der Waals surface area contributed by atoms with Crippen molar-refractivity contribution in [2.45, 2.75) is 13.0 Å². The summed E-state index contributed by atoms with van der Waals surface area (Å²) in [5.74, 6) is 0.537. The number of phenolic OH excluding ortho intramolecular Hbond substituents is 1. The molecule has 1 atom stereocenters. The Morgan fingerprint density at radius 1 is 1.44 bits per heavy atom. The second kappa shape index (κ2) is 4.79. The van der Waals surface area contributed by atoms with Gasteiger partial charge < -0.3 is 14.8 Å². The highest BCUT2D eigenvalue weighted by Gasteiger charge is 2.17. The topological polar surface area (TPSA) is 88.5 Å². The third kappa shape index (κ3) is 2.42. The predicted molar refractivity (Wildman–Crippen MR) is 65.5 cm³/mol. The number of hydrogen-bond donors (Lipinski definition) is 2. The molecule has 18 heavy (non-hydrogen) atoms. The first kappa shape index (κ1) is 12.0. The van der Waals surface area contributed by atoms with Crippen molar-refractivity contribution in [3.63, 3.8) is 0 Å². The quantitative estimate of drug-likeness (QED) is 0.493. The lowest BCUT2D eigenvalue weighted by atomic mass is 10.2. The van der Waals surface area contributed by atoms with Crippen molar-refractivity contribution in [1.82, 2.24) is 0 Å². The van der Waals surface area contributed by atoms with E-state index in [0.29, 0.717) is 11.4 Å². The van der Waals surface area contributed by atoms with Crippen LogP contribution in [0.25, 0.3) is 0 Å². The largest absolute Gasteiger partial charge is 0.508 e. The van der Waals surface area contributed by atoms with Gasteiger partial charge in [-0.05, 0) is 31.2 Å². The van der Waals surface area contributed by atoms with Crippen LogP contribution in [-0.4, -0.2) is 10.0 Å². The number of nitrogens with zero attached hydrogens (tertiary/aromatic N) is 1. The van der Waals surface area contributed by atoms with Crippen LogP contribution in [-0.2, 0) is 0 Å². The van der Waals surface area contributed by atoms with E-state index in [-0.39, 0.29) is 17.5 Å². The number of furan rings is 1. The average Bonchev–Trinajstić information content (AvgIpc) is 2.84. The van der Waals surface area contributed by atoms with Crippen LogP contribution >= 0.6 is 0 Å². The van der Waals surface area contributed by atoms with Gasteiger partial charge in [-0.1, -0.05) is 0 Å². The van der Waals surface area contributed by atoms with Crippen LogP contribution in [0.1, 0.15) is 18.7 Å². The smallest absolute Gasteiger partial charge is 0.296 e. The van der Waals surface area contributed by atoms with E-state index >= 15 is 0 Å². The van der Waals surface area contributed by atoms with Gasteiger partial charge >= 0.3 is 0 Å². The first-order valence-electron chi connectivity index (χ1n) is 5.35. The molecule has 0 amide bonds. The Bertz CT molecular complexity index is 551. The molecule has 0 aliphatic carbocycles. The van der Waals surface area contributed by atoms with Gasteiger partial charge in [-0.25, -0.2) is 0 Å². The molecule has 0 saturated heterocycles. The zero-order chi connectivity index (χ0) is 13.1. The molecule has 0 fully saturated rings. The second-order valence-corrected chi connectivity index (χ2v) is 3.84. The van der Waals surface area contributed by atoms with E-state index in [4.69, 9.17) is 4.42 Å². The Morgan fingerprint density at radius 2 is 2.22 bits per heavy atom. The summed E-state index contributed by atoms with van der Waals surface area (Å²) in [7, 11) is 0. The number of rotatable bonds is 4. The third-order valence-corrected chi connectivity index (χ3v) is 2.52. The molecular formula is C12H12N2O4. The number of nitro groups is 1. The van der Waals surface area contributed by atoms with Crippen molar-refractivity contribution in [3.8, 4) is 5.75 Å². The molecule has 2 aromatic rings. The zero-order valence-corrected chi connectivity index (χ0v) is 9.66. The summed E-state index contributed by atoms with van der Waals surface area (Å²) in [5.41, 5.74) is 0.162. The van der Waals surface area contributed by atoms with E-state index in [0.717, 1.165) is 6.07 Å². The van der Waals surface area contributed by atoms with Crippen LogP contribution in [0.15, 0.2) is 41.0 Å². The fraction of sp³-hybridized carbons (Fsp3) is 0.167. The van der Waals surface area contributed by atoms with E-state index in [9.17, 15) is 15.2 Å². The first-order chi connectivity index (χ1) is 8.58. The summed E-state index contributed by atoms with van der Waals surface area (Å²) in [6.07, 6.45) is 1.54. The number of anilines is 1. The lowest BCUT2D eigenvalue weighted by molar-refractivity contribution is -0.384. The van der Waals surface area contributed by atoms with Gasteiger partial charge in [-0.3, -0.25) is 10.1 Å². The van der Waals surface area contributed by atoms with Gasteiger partial charge in [0.2, 0.25) is 0 Å². The van der Waals surface area contributed by atoms with E-state index < -0.39 is 4.92 Å². The van der Waals surface area contributed by atoms with Crippen molar-refractivity contribution < 1.29 is 14.4 Å². The minimum Gasteiger partial charge on any atom is -0.508 e. The van der Waals surface area contributed by atoms with Crippen molar-refractivity contribution in [1.29, 1.82) is 0 Å². The van der Waals surface area contributed by atoms with E-state index in [2.05, 4.69) is 5.32 Å². The highest BCUT2D eigenvalue weighted by atomic mass is 16.6. The monoisotopic (exact) mass is 248 g/mol. The summed E-state index contributed by atoms with van der Waals surface area (Å²) in [6.45, 7) is 1.83. The Morgan fingerprint density at radius 3 is 2.83 bits per heavy atom. The lowest BCUT2D eigenvalue weighted by Crippen LogP contribution is -2.07. The van der Waals surface area contributed by atoms with Gasteiger partial charge in [0.25, 0.3) is 5.69 Å². The van der Waals surface area contributed by atoms with Gasteiger partial charge in [0.1, 0.15) is 17.2 Å². The van der Waals surface area contributed by atoms with E-state index in [1.807, 2.05) is 6.92 Å².